The number of anilines is 3. The van der Waals surface area contributed by atoms with Gasteiger partial charge in [0.05, 0.1) is 11.8 Å². The summed E-state index contributed by atoms with van der Waals surface area (Å²) in [5, 5.41) is 19.1. The predicted molar refractivity (Wildman–Crippen MR) is 150 cm³/mol. The Labute approximate surface area is 229 Å². The van der Waals surface area contributed by atoms with E-state index in [-0.39, 0.29) is 17.6 Å². The lowest BCUT2D eigenvalue weighted by molar-refractivity contribution is -0.121. The van der Waals surface area contributed by atoms with E-state index in [2.05, 4.69) is 31.8 Å². The highest BCUT2D eigenvalue weighted by Crippen LogP contribution is 2.40. The van der Waals surface area contributed by atoms with E-state index in [1.165, 1.54) is 19.1 Å². The molecule has 3 aromatic heterocycles. The van der Waals surface area contributed by atoms with Crippen molar-refractivity contribution < 1.29 is 13.2 Å². The third kappa shape index (κ3) is 6.27. The lowest BCUT2D eigenvalue weighted by atomic mass is 9.82. The zero-order valence-electron chi connectivity index (χ0n) is 22.5. The number of carbonyl (C=O) groups is 1. The molecule has 0 spiro atoms. The Morgan fingerprint density at radius 3 is 2.74 bits per heavy atom. The Morgan fingerprint density at radius 2 is 1.97 bits per heavy atom. The summed E-state index contributed by atoms with van der Waals surface area (Å²) in [6, 6.07) is 6.10. The van der Waals surface area contributed by atoms with Gasteiger partial charge >= 0.3 is 0 Å². The number of fused-ring (bicyclic) bond motifs is 1. The molecule has 2 aliphatic carbocycles. The fraction of sp³-hybridized carbons (Fsp3) is 0.630. The molecule has 0 bridgehead atoms. The second-order valence-corrected chi connectivity index (χ2v) is 13.8. The molecule has 1 atom stereocenters. The van der Waals surface area contributed by atoms with Crippen molar-refractivity contribution in [2.75, 3.05) is 35.3 Å². The van der Waals surface area contributed by atoms with Gasteiger partial charge in [-0.1, -0.05) is 0 Å². The number of sulfone groups is 1. The van der Waals surface area contributed by atoms with Gasteiger partial charge in [0.15, 0.2) is 17.4 Å². The highest BCUT2D eigenvalue weighted by atomic mass is 32.2. The van der Waals surface area contributed by atoms with E-state index in [0.717, 1.165) is 62.1 Å². The summed E-state index contributed by atoms with van der Waals surface area (Å²) in [7, 11) is -2.95. The lowest BCUT2D eigenvalue weighted by Crippen LogP contribution is -2.40. The third-order valence-corrected chi connectivity index (χ3v) is 9.31. The first kappa shape index (κ1) is 26.2. The normalized spacial score (nSPS) is 23.9. The number of rotatable bonds is 11. The average molecular weight is 555 g/mol. The molecule has 2 saturated carbocycles. The number of hydrogen-bond acceptors (Lipinski definition) is 9. The maximum Gasteiger partial charge on any atom is 0.246 e. The van der Waals surface area contributed by atoms with Gasteiger partial charge in [0.2, 0.25) is 5.95 Å². The van der Waals surface area contributed by atoms with Crippen LogP contribution >= 0.6 is 0 Å². The van der Waals surface area contributed by atoms with Gasteiger partial charge < -0.3 is 15.5 Å². The van der Waals surface area contributed by atoms with Gasteiger partial charge in [-0.05, 0) is 69.4 Å². The van der Waals surface area contributed by atoms with Crippen molar-refractivity contribution in [2.24, 2.45) is 5.92 Å². The van der Waals surface area contributed by atoms with Crippen molar-refractivity contribution in [1.82, 2.24) is 30.1 Å². The monoisotopic (exact) mass is 554 g/mol. The fourth-order valence-corrected chi connectivity index (χ4v) is 6.53. The van der Waals surface area contributed by atoms with Gasteiger partial charge in [0.1, 0.15) is 15.4 Å². The minimum atomic E-state index is -2.95. The summed E-state index contributed by atoms with van der Waals surface area (Å²) in [4.78, 5) is 20.5. The zero-order chi connectivity index (χ0) is 27.0. The molecule has 4 heterocycles. The molecule has 3 N–H and O–H groups in total. The van der Waals surface area contributed by atoms with Crippen LogP contribution in [-0.4, -0.2) is 76.2 Å². The summed E-state index contributed by atoms with van der Waals surface area (Å²) in [6.45, 7) is 1.25. The number of carbonyl (C=O) groups excluding carboxylic acids is 1. The Balaban J connectivity index is 1.09. The number of H-pyrrole nitrogens is 1. The van der Waals surface area contributed by atoms with E-state index < -0.39 is 9.84 Å². The van der Waals surface area contributed by atoms with Crippen LogP contribution in [-0.2, 0) is 14.6 Å². The van der Waals surface area contributed by atoms with Gasteiger partial charge in [-0.25, -0.2) is 12.9 Å². The molecule has 210 valence electrons. The molecule has 0 unspecified atom stereocenters. The predicted octanol–water partition coefficient (Wildman–Crippen LogP) is 3.19. The Morgan fingerprint density at radius 1 is 1.15 bits per heavy atom. The molecule has 3 aromatic rings. The highest BCUT2D eigenvalue weighted by molar-refractivity contribution is 7.90. The fourth-order valence-electron chi connectivity index (χ4n) is 6.04. The summed E-state index contributed by atoms with van der Waals surface area (Å²) >= 11 is 0. The maximum absolute atomic E-state index is 13.5. The molecule has 0 amide bonds. The number of Topliss-reactive ketones (excluding diaryl/α,β-unsaturated/α-hetero) is 1. The first-order valence-corrected chi connectivity index (χ1v) is 16.3. The largest absolute Gasteiger partial charge is 0.329 e. The Kier molecular flexibility index (Phi) is 7.32. The van der Waals surface area contributed by atoms with Crippen LogP contribution in [0.2, 0.25) is 0 Å². The summed E-state index contributed by atoms with van der Waals surface area (Å²) < 4.78 is 24.6. The van der Waals surface area contributed by atoms with Crippen LogP contribution in [0.15, 0.2) is 24.4 Å². The molecule has 6 rings (SSSR count). The van der Waals surface area contributed by atoms with Gasteiger partial charge in [-0.3, -0.25) is 9.89 Å². The smallest absolute Gasteiger partial charge is 0.246 e. The summed E-state index contributed by atoms with van der Waals surface area (Å²) in [5.74, 6) is 3.38. The van der Waals surface area contributed by atoms with Crippen molar-refractivity contribution in [2.45, 2.75) is 75.8 Å². The first-order valence-electron chi connectivity index (χ1n) is 14.2. The molecule has 0 radical (unpaired) electrons. The molecule has 0 aromatic carbocycles. The molecule has 12 heteroatoms. The van der Waals surface area contributed by atoms with E-state index in [9.17, 15) is 13.2 Å². The molecule has 11 nitrogen and oxygen atoms in total. The Bertz CT molecular complexity index is 1420. The number of aromatic amines is 1. The van der Waals surface area contributed by atoms with E-state index in [0.29, 0.717) is 42.6 Å². The lowest BCUT2D eigenvalue weighted by Gasteiger charge is -2.30. The van der Waals surface area contributed by atoms with Crippen LogP contribution in [0.4, 0.5) is 17.6 Å². The number of nitrogens with one attached hydrogen (secondary N) is 3. The number of ketones is 1. The van der Waals surface area contributed by atoms with Crippen LogP contribution in [0.25, 0.3) is 5.52 Å². The number of aromatic nitrogens is 5. The van der Waals surface area contributed by atoms with E-state index in [1.54, 1.807) is 0 Å². The van der Waals surface area contributed by atoms with Gasteiger partial charge in [-0.15, -0.1) is 5.10 Å². The second-order valence-electron chi connectivity index (χ2n) is 11.5. The van der Waals surface area contributed by atoms with Crippen molar-refractivity contribution in [3.8, 4) is 0 Å². The SMILES string of the molecule is CS(=O)(=O)CCNC1CCC(CC(=O)[C@@H]2CCCN2c2nc(Nc3cc(C4CC4)[nH]n3)c3cccn3n2)CC1. The second kappa shape index (κ2) is 10.9. The minimum Gasteiger partial charge on any atom is -0.329 e. The van der Waals surface area contributed by atoms with E-state index in [1.807, 2.05) is 22.8 Å². The van der Waals surface area contributed by atoms with Crippen molar-refractivity contribution in [3.05, 3.63) is 30.1 Å². The average Bonchev–Trinajstić information content (AvgIpc) is 3.28. The topological polar surface area (TPSA) is 137 Å². The molecular formula is C27H38N8O3S. The number of hydrogen-bond donors (Lipinski definition) is 3. The minimum absolute atomic E-state index is 0.167. The summed E-state index contributed by atoms with van der Waals surface area (Å²) in [5.41, 5.74) is 2.01. The molecular weight excluding hydrogens is 516 g/mol. The van der Waals surface area contributed by atoms with Crippen LogP contribution in [0.1, 0.15) is 69.4 Å². The van der Waals surface area contributed by atoms with Gasteiger partial charge in [-0.2, -0.15) is 10.1 Å². The van der Waals surface area contributed by atoms with Crippen LogP contribution in [0.3, 0.4) is 0 Å². The van der Waals surface area contributed by atoms with Crippen LogP contribution < -0.4 is 15.5 Å². The number of nitrogens with zero attached hydrogens (tertiary/aromatic N) is 5. The summed E-state index contributed by atoms with van der Waals surface area (Å²) in [6.07, 6.45) is 11.9. The molecule has 1 saturated heterocycles. The van der Waals surface area contributed by atoms with E-state index >= 15 is 0 Å². The molecule has 3 fully saturated rings. The molecule has 1 aliphatic heterocycles. The third-order valence-electron chi connectivity index (χ3n) is 8.36. The standard InChI is InChI=1S/C27H38N8O3S/c1-39(37,38)15-12-28-20-10-6-18(7-11-20)16-24(36)22-4-2-13-34(22)27-30-26(23-5-3-14-35(23)33-27)29-25-17-21(31-32-25)19-8-9-19/h3,5,14,17-20,22,28H,2,4,6-13,15-16H2,1H3,(H2,29,30,31,32,33)/t18?,20?,22-/m0/s1. The van der Waals surface area contributed by atoms with Gasteiger partial charge in [0.25, 0.3) is 0 Å². The maximum atomic E-state index is 13.5. The van der Waals surface area contributed by atoms with Gasteiger partial charge in [0, 0.05) is 55.7 Å². The Hall–Kier alpha value is -2.99. The van der Waals surface area contributed by atoms with Crippen molar-refractivity contribution in [3.63, 3.8) is 0 Å². The van der Waals surface area contributed by atoms with E-state index in [4.69, 9.17) is 10.1 Å². The first-order chi connectivity index (χ1) is 18.8. The quantitative estimate of drug-likeness (QED) is 0.326. The van der Waals surface area contributed by atoms with Crippen molar-refractivity contribution in [1.29, 1.82) is 0 Å². The van der Waals surface area contributed by atoms with Crippen LogP contribution in [0, 0.1) is 5.92 Å². The molecule has 39 heavy (non-hydrogen) atoms. The zero-order valence-corrected chi connectivity index (χ0v) is 23.3. The molecule has 3 aliphatic rings. The highest BCUT2D eigenvalue weighted by Gasteiger charge is 2.35. The van der Waals surface area contributed by atoms with Crippen LogP contribution in [0.5, 0.6) is 0 Å². The van der Waals surface area contributed by atoms with Crippen molar-refractivity contribution >= 4 is 38.7 Å².